The van der Waals surface area contributed by atoms with E-state index in [0.29, 0.717) is 5.69 Å². The number of amides is 1. The lowest BCUT2D eigenvalue weighted by atomic mass is 10.3. The fourth-order valence-corrected chi connectivity index (χ4v) is 1.26. The molecule has 0 fully saturated rings. The molecule has 1 rings (SSSR count). The van der Waals surface area contributed by atoms with Crippen LogP contribution in [-0.2, 0) is 14.3 Å². The molecule has 0 saturated heterocycles. The average molecular weight is 247 g/mol. The third kappa shape index (κ3) is 4.82. The van der Waals surface area contributed by atoms with Crippen molar-refractivity contribution in [1.82, 2.24) is 0 Å². The van der Waals surface area contributed by atoms with Gasteiger partial charge in [-0.1, -0.05) is 23.8 Å². The Kier molecular flexibility index (Phi) is 5.11. The molecule has 0 heterocycles. The Balaban J connectivity index is 2.52. The molecule has 18 heavy (non-hydrogen) atoms. The number of carbonyl (C=O) groups excluding carboxylic acids is 2. The van der Waals surface area contributed by atoms with E-state index in [1.165, 1.54) is 13.0 Å². The molecular formula is C14H17NO3. The minimum atomic E-state index is -0.826. The van der Waals surface area contributed by atoms with Crippen molar-refractivity contribution in [3.05, 3.63) is 42.0 Å². The minimum Gasteiger partial charge on any atom is -0.449 e. The number of esters is 1. The van der Waals surface area contributed by atoms with Gasteiger partial charge in [0.25, 0.3) is 5.91 Å². The number of ether oxygens (including phenoxy) is 1. The number of hydrogen-bond donors (Lipinski definition) is 1. The van der Waals surface area contributed by atoms with Gasteiger partial charge < -0.3 is 10.1 Å². The van der Waals surface area contributed by atoms with Gasteiger partial charge in [-0.2, -0.15) is 0 Å². The molecule has 1 aromatic rings. The van der Waals surface area contributed by atoms with Crippen LogP contribution in [0.15, 0.2) is 42.0 Å². The Bertz CT molecular complexity index is 447. The van der Waals surface area contributed by atoms with Crippen LogP contribution >= 0.6 is 0 Å². The van der Waals surface area contributed by atoms with Gasteiger partial charge in [0.2, 0.25) is 0 Å². The van der Waals surface area contributed by atoms with Crippen LogP contribution in [0, 0.1) is 0 Å². The van der Waals surface area contributed by atoms with Gasteiger partial charge in [0.05, 0.1) is 0 Å². The van der Waals surface area contributed by atoms with Crippen molar-refractivity contribution < 1.29 is 14.3 Å². The third-order valence-electron chi connectivity index (χ3n) is 2.11. The fourth-order valence-electron chi connectivity index (χ4n) is 1.26. The van der Waals surface area contributed by atoms with Gasteiger partial charge in [0, 0.05) is 11.8 Å². The summed E-state index contributed by atoms with van der Waals surface area (Å²) < 4.78 is 4.97. The lowest BCUT2D eigenvalue weighted by Gasteiger charge is -2.12. The van der Waals surface area contributed by atoms with E-state index < -0.39 is 12.1 Å². The van der Waals surface area contributed by atoms with Crippen molar-refractivity contribution in [2.75, 3.05) is 5.32 Å². The standard InChI is InChI=1S/C14H17NO3/c1-10(2)9-13(16)18-11(3)14(17)15-12-7-5-4-6-8-12/h4-9,11H,1-3H3,(H,15,17)/t11-/m1/s1. The van der Waals surface area contributed by atoms with E-state index >= 15 is 0 Å². The lowest BCUT2D eigenvalue weighted by molar-refractivity contribution is -0.148. The largest absolute Gasteiger partial charge is 0.449 e. The van der Waals surface area contributed by atoms with Gasteiger partial charge in [-0.05, 0) is 32.9 Å². The zero-order valence-corrected chi connectivity index (χ0v) is 10.8. The first-order valence-corrected chi connectivity index (χ1v) is 5.70. The summed E-state index contributed by atoms with van der Waals surface area (Å²) in [6, 6.07) is 9.02. The summed E-state index contributed by atoms with van der Waals surface area (Å²) in [5, 5.41) is 2.66. The molecule has 0 saturated carbocycles. The molecule has 0 bridgehead atoms. The molecule has 96 valence electrons. The normalized spacial score (nSPS) is 11.3. The van der Waals surface area contributed by atoms with Crippen LogP contribution in [0.2, 0.25) is 0 Å². The first-order chi connectivity index (χ1) is 8.49. The summed E-state index contributed by atoms with van der Waals surface area (Å²) in [6.45, 7) is 5.11. The van der Waals surface area contributed by atoms with Gasteiger partial charge in [0.15, 0.2) is 6.10 Å². The Labute approximate surface area is 107 Å². The summed E-state index contributed by atoms with van der Waals surface area (Å²) in [6.07, 6.45) is 0.528. The van der Waals surface area contributed by atoms with Gasteiger partial charge in [-0.25, -0.2) is 4.79 Å². The van der Waals surface area contributed by atoms with E-state index in [4.69, 9.17) is 4.74 Å². The molecule has 1 atom stereocenters. The molecule has 0 aliphatic heterocycles. The van der Waals surface area contributed by atoms with Crippen LogP contribution < -0.4 is 5.32 Å². The molecule has 0 aliphatic rings. The van der Waals surface area contributed by atoms with Crippen LogP contribution in [0.3, 0.4) is 0 Å². The Morgan fingerprint density at radius 2 is 1.83 bits per heavy atom. The van der Waals surface area contributed by atoms with Gasteiger partial charge in [-0.15, -0.1) is 0 Å². The van der Waals surface area contributed by atoms with E-state index in [2.05, 4.69) is 5.32 Å². The van der Waals surface area contributed by atoms with Crippen LogP contribution in [0.5, 0.6) is 0 Å². The monoisotopic (exact) mass is 247 g/mol. The maximum Gasteiger partial charge on any atom is 0.331 e. The molecule has 0 radical (unpaired) electrons. The SMILES string of the molecule is CC(C)=CC(=O)O[C@H](C)C(=O)Nc1ccccc1. The van der Waals surface area contributed by atoms with Gasteiger partial charge in [0.1, 0.15) is 0 Å². The predicted octanol–water partition coefficient (Wildman–Crippen LogP) is 2.52. The quantitative estimate of drug-likeness (QED) is 0.657. The predicted molar refractivity (Wildman–Crippen MR) is 70.1 cm³/mol. The number of hydrogen-bond acceptors (Lipinski definition) is 3. The second-order valence-electron chi connectivity index (χ2n) is 4.16. The Hall–Kier alpha value is -2.10. The number of allylic oxidation sites excluding steroid dienone is 1. The highest BCUT2D eigenvalue weighted by Crippen LogP contribution is 2.06. The Morgan fingerprint density at radius 3 is 2.39 bits per heavy atom. The van der Waals surface area contributed by atoms with Gasteiger partial charge in [-0.3, -0.25) is 4.79 Å². The lowest BCUT2D eigenvalue weighted by Crippen LogP contribution is -2.29. The Morgan fingerprint density at radius 1 is 1.22 bits per heavy atom. The highest BCUT2D eigenvalue weighted by molar-refractivity contribution is 5.95. The second-order valence-corrected chi connectivity index (χ2v) is 4.16. The summed E-state index contributed by atoms with van der Waals surface area (Å²) in [5.74, 6) is -0.859. The van der Waals surface area contributed by atoms with E-state index in [0.717, 1.165) is 5.57 Å². The van der Waals surface area contributed by atoms with Crippen LogP contribution in [0.25, 0.3) is 0 Å². The summed E-state index contributed by atoms with van der Waals surface area (Å²) in [5.41, 5.74) is 1.50. The van der Waals surface area contributed by atoms with Crippen molar-refractivity contribution in [3.63, 3.8) is 0 Å². The highest BCUT2D eigenvalue weighted by atomic mass is 16.5. The summed E-state index contributed by atoms with van der Waals surface area (Å²) >= 11 is 0. The number of nitrogens with one attached hydrogen (secondary N) is 1. The van der Waals surface area contributed by atoms with Crippen molar-refractivity contribution in [2.45, 2.75) is 26.9 Å². The number of anilines is 1. The number of para-hydroxylation sites is 1. The molecule has 1 N–H and O–H groups in total. The van der Waals surface area contributed by atoms with Crippen LogP contribution in [0.1, 0.15) is 20.8 Å². The molecule has 1 aromatic carbocycles. The van der Waals surface area contributed by atoms with Crippen LogP contribution in [0.4, 0.5) is 5.69 Å². The zero-order valence-electron chi connectivity index (χ0n) is 10.8. The first kappa shape index (κ1) is 14.0. The maximum absolute atomic E-state index is 11.7. The average Bonchev–Trinajstić information content (AvgIpc) is 2.28. The molecule has 0 aliphatic carbocycles. The van der Waals surface area contributed by atoms with E-state index in [-0.39, 0.29) is 5.91 Å². The number of rotatable bonds is 4. The minimum absolute atomic E-state index is 0.350. The molecule has 0 aromatic heterocycles. The van der Waals surface area contributed by atoms with Crippen molar-refractivity contribution in [1.29, 1.82) is 0 Å². The maximum atomic E-state index is 11.7. The molecule has 4 heteroatoms. The number of carbonyl (C=O) groups is 2. The molecule has 0 spiro atoms. The van der Waals surface area contributed by atoms with Crippen molar-refractivity contribution in [2.24, 2.45) is 0 Å². The molecular weight excluding hydrogens is 230 g/mol. The summed E-state index contributed by atoms with van der Waals surface area (Å²) in [4.78, 5) is 23.1. The van der Waals surface area contributed by atoms with Gasteiger partial charge >= 0.3 is 5.97 Å². The van der Waals surface area contributed by atoms with E-state index in [9.17, 15) is 9.59 Å². The third-order valence-corrected chi connectivity index (χ3v) is 2.11. The van der Waals surface area contributed by atoms with Crippen molar-refractivity contribution >= 4 is 17.6 Å². The molecule has 4 nitrogen and oxygen atoms in total. The van der Waals surface area contributed by atoms with Crippen LogP contribution in [-0.4, -0.2) is 18.0 Å². The highest BCUT2D eigenvalue weighted by Gasteiger charge is 2.16. The first-order valence-electron chi connectivity index (χ1n) is 5.70. The fraction of sp³-hybridized carbons (Fsp3) is 0.286. The zero-order chi connectivity index (χ0) is 13.5. The number of benzene rings is 1. The van der Waals surface area contributed by atoms with Crippen molar-refractivity contribution in [3.8, 4) is 0 Å². The summed E-state index contributed by atoms with van der Waals surface area (Å²) in [7, 11) is 0. The van der Waals surface area contributed by atoms with E-state index in [1.807, 2.05) is 18.2 Å². The topological polar surface area (TPSA) is 55.4 Å². The van der Waals surface area contributed by atoms with E-state index in [1.54, 1.807) is 26.0 Å². The molecule has 0 unspecified atom stereocenters. The second kappa shape index (κ2) is 6.59. The molecule has 1 amide bonds. The smallest absolute Gasteiger partial charge is 0.331 e.